The number of hydrogen-bond donors (Lipinski definition) is 0. The van der Waals surface area contributed by atoms with Gasteiger partial charge in [0, 0.05) is 12.5 Å². The maximum atomic E-state index is 13.2. The summed E-state index contributed by atoms with van der Waals surface area (Å²) >= 11 is 0. The monoisotopic (exact) mass is 441 g/mol. The number of carbonyl (C=O) groups is 2. The predicted molar refractivity (Wildman–Crippen MR) is 126 cm³/mol. The van der Waals surface area contributed by atoms with Crippen molar-refractivity contribution in [1.82, 2.24) is 4.90 Å². The Balaban J connectivity index is 1.67. The van der Waals surface area contributed by atoms with E-state index in [1.54, 1.807) is 0 Å². The molecule has 0 radical (unpaired) electrons. The Morgan fingerprint density at radius 1 is 0.938 bits per heavy atom. The molecule has 0 saturated heterocycles. The van der Waals surface area contributed by atoms with Crippen LogP contribution in [0.5, 0.6) is 0 Å². The molecule has 0 N–H and O–H groups in total. The molecule has 0 heterocycles. The molecule has 2 fully saturated rings. The second kappa shape index (κ2) is 11.5. The highest BCUT2D eigenvalue weighted by atomic mass is 16.6. The van der Waals surface area contributed by atoms with Gasteiger partial charge in [0.15, 0.2) is 0 Å². The molecule has 0 aromatic heterocycles. The Bertz CT molecular complexity index is 761. The number of carbonyl (C=O) groups excluding carboxylic acids is 2. The minimum Gasteiger partial charge on any atom is -0.443 e. The summed E-state index contributed by atoms with van der Waals surface area (Å²) in [5, 5.41) is 0. The fourth-order valence-corrected chi connectivity index (χ4v) is 4.98. The Morgan fingerprint density at radius 3 is 2.16 bits per heavy atom. The van der Waals surface area contributed by atoms with E-state index in [2.05, 4.69) is 6.58 Å². The summed E-state index contributed by atoms with van der Waals surface area (Å²) in [7, 11) is 0. The lowest BCUT2D eigenvalue weighted by Gasteiger charge is -2.37. The van der Waals surface area contributed by atoms with E-state index in [9.17, 15) is 9.59 Å². The lowest BCUT2D eigenvalue weighted by molar-refractivity contribution is -0.0329. The van der Waals surface area contributed by atoms with Gasteiger partial charge < -0.3 is 9.47 Å². The van der Waals surface area contributed by atoms with Gasteiger partial charge in [0.05, 0.1) is 0 Å². The van der Waals surface area contributed by atoms with Crippen molar-refractivity contribution >= 4 is 12.2 Å². The van der Waals surface area contributed by atoms with Crippen LogP contribution in [-0.4, -0.2) is 29.2 Å². The fourth-order valence-electron chi connectivity index (χ4n) is 4.98. The predicted octanol–water partition coefficient (Wildman–Crippen LogP) is 7.26. The fraction of sp³-hybridized carbons (Fsp3) is 0.630. The molecule has 0 bridgehead atoms. The van der Waals surface area contributed by atoms with Crippen molar-refractivity contribution in [2.24, 2.45) is 11.8 Å². The molecule has 0 unspecified atom stereocenters. The molecule has 5 heteroatoms. The average molecular weight is 442 g/mol. The van der Waals surface area contributed by atoms with Crippen LogP contribution in [0.4, 0.5) is 9.59 Å². The van der Waals surface area contributed by atoms with Gasteiger partial charge in [0.25, 0.3) is 0 Å². The van der Waals surface area contributed by atoms with Crippen molar-refractivity contribution in [2.45, 2.75) is 90.1 Å². The second-order valence-corrected chi connectivity index (χ2v) is 9.86. The molecule has 1 aromatic carbocycles. The molecule has 0 spiro atoms. The van der Waals surface area contributed by atoms with Crippen molar-refractivity contribution in [2.75, 3.05) is 6.54 Å². The SMILES string of the molecule is C=C(OC(=O)N(CCc1ccccc1)C(=O)OC(C)(C)C1CCCCC1)C1CCCCC1. The summed E-state index contributed by atoms with van der Waals surface area (Å²) in [5.74, 6) is 0.960. The van der Waals surface area contributed by atoms with Crippen LogP contribution in [-0.2, 0) is 15.9 Å². The van der Waals surface area contributed by atoms with Crippen molar-refractivity contribution in [3.8, 4) is 0 Å². The molecule has 5 nitrogen and oxygen atoms in total. The normalized spacial score (nSPS) is 18.1. The van der Waals surface area contributed by atoms with Gasteiger partial charge in [0.1, 0.15) is 11.4 Å². The number of amides is 2. The van der Waals surface area contributed by atoms with Crippen LogP contribution >= 0.6 is 0 Å². The third kappa shape index (κ3) is 6.85. The quantitative estimate of drug-likeness (QED) is 0.418. The highest BCUT2D eigenvalue weighted by Crippen LogP contribution is 2.35. The van der Waals surface area contributed by atoms with E-state index in [-0.39, 0.29) is 12.5 Å². The smallest absolute Gasteiger partial charge is 0.424 e. The van der Waals surface area contributed by atoms with Crippen molar-refractivity contribution < 1.29 is 19.1 Å². The second-order valence-electron chi connectivity index (χ2n) is 9.86. The van der Waals surface area contributed by atoms with Gasteiger partial charge in [-0.3, -0.25) is 0 Å². The molecule has 2 aliphatic rings. The van der Waals surface area contributed by atoms with E-state index in [1.165, 1.54) is 12.8 Å². The van der Waals surface area contributed by atoms with Crippen LogP contribution < -0.4 is 0 Å². The lowest BCUT2D eigenvalue weighted by atomic mass is 9.79. The molecular formula is C27H39NO4. The van der Waals surface area contributed by atoms with E-state index in [4.69, 9.17) is 9.47 Å². The van der Waals surface area contributed by atoms with Crippen LogP contribution in [0.1, 0.15) is 83.6 Å². The number of ether oxygens (including phenoxy) is 2. The first-order valence-corrected chi connectivity index (χ1v) is 12.3. The molecule has 176 valence electrons. The molecule has 2 amide bonds. The van der Waals surface area contributed by atoms with Gasteiger partial charge >= 0.3 is 12.2 Å². The number of allylic oxidation sites excluding steroid dienone is 1. The third-order valence-corrected chi connectivity index (χ3v) is 7.13. The third-order valence-electron chi connectivity index (χ3n) is 7.13. The number of benzene rings is 1. The maximum absolute atomic E-state index is 13.2. The van der Waals surface area contributed by atoms with Crippen molar-refractivity contribution in [3.63, 3.8) is 0 Å². The van der Waals surface area contributed by atoms with Gasteiger partial charge in [-0.1, -0.05) is 75.4 Å². The molecule has 3 rings (SSSR count). The zero-order chi connectivity index (χ0) is 23.0. The summed E-state index contributed by atoms with van der Waals surface area (Å²) in [6.07, 6.45) is 10.3. The van der Waals surface area contributed by atoms with Crippen LogP contribution in [0.25, 0.3) is 0 Å². The Labute approximate surface area is 193 Å². The minimum atomic E-state index is -0.680. The lowest BCUT2D eigenvalue weighted by Crippen LogP contribution is -2.46. The summed E-state index contributed by atoms with van der Waals surface area (Å²) in [5.41, 5.74) is 0.430. The number of rotatable bonds is 7. The summed E-state index contributed by atoms with van der Waals surface area (Å²) in [6, 6.07) is 9.83. The van der Waals surface area contributed by atoms with Crippen LogP contribution in [0.15, 0.2) is 42.7 Å². The summed E-state index contributed by atoms with van der Waals surface area (Å²) in [4.78, 5) is 27.4. The number of hydrogen-bond acceptors (Lipinski definition) is 4. The van der Waals surface area contributed by atoms with E-state index >= 15 is 0 Å². The summed E-state index contributed by atoms with van der Waals surface area (Å²) < 4.78 is 11.5. The molecule has 2 aliphatic carbocycles. The molecule has 1 aromatic rings. The van der Waals surface area contributed by atoms with Crippen molar-refractivity contribution in [1.29, 1.82) is 0 Å². The Morgan fingerprint density at radius 2 is 1.53 bits per heavy atom. The molecule has 0 atom stereocenters. The van der Waals surface area contributed by atoms with E-state index in [0.29, 0.717) is 18.1 Å². The Kier molecular flexibility index (Phi) is 8.77. The van der Waals surface area contributed by atoms with Crippen LogP contribution in [0.2, 0.25) is 0 Å². The highest BCUT2D eigenvalue weighted by molar-refractivity contribution is 5.88. The molecule has 32 heavy (non-hydrogen) atoms. The molecule has 0 aliphatic heterocycles. The minimum absolute atomic E-state index is 0.179. The number of nitrogens with zero attached hydrogens (tertiary/aromatic N) is 1. The zero-order valence-electron chi connectivity index (χ0n) is 19.8. The molecule has 2 saturated carbocycles. The summed E-state index contributed by atoms with van der Waals surface area (Å²) in [6.45, 7) is 8.13. The molecular weight excluding hydrogens is 402 g/mol. The van der Waals surface area contributed by atoms with Crippen molar-refractivity contribution in [3.05, 3.63) is 48.2 Å². The zero-order valence-corrected chi connectivity index (χ0v) is 19.8. The standard InChI is InChI=1S/C27H39NO4/c1-21(23-15-9-5-10-16-23)31-25(29)28(20-19-22-13-7-4-8-14-22)26(30)32-27(2,3)24-17-11-6-12-18-24/h4,7-8,13-14,23-24H,1,5-6,9-12,15-20H2,2-3H3. The van der Waals surface area contributed by atoms with Crippen LogP contribution in [0.3, 0.4) is 0 Å². The van der Waals surface area contributed by atoms with Gasteiger partial charge in [0.2, 0.25) is 0 Å². The van der Waals surface area contributed by atoms with E-state index in [1.807, 2.05) is 44.2 Å². The van der Waals surface area contributed by atoms with Gasteiger partial charge in [-0.05, 0) is 57.4 Å². The van der Waals surface area contributed by atoms with Gasteiger partial charge in [-0.15, -0.1) is 0 Å². The topological polar surface area (TPSA) is 55.8 Å². The van der Waals surface area contributed by atoms with Gasteiger partial charge in [-0.2, -0.15) is 0 Å². The maximum Gasteiger partial charge on any atom is 0.424 e. The highest BCUT2D eigenvalue weighted by Gasteiger charge is 2.37. The number of imide groups is 1. The van der Waals surface area contributed by atoms with E-state index < -0.39 is 17.8 Å². The first-order chi connectivity index (χ1) is 15.4. The van der Waals surface area contributed by atoms with Crippen LogP contribution in [0, 0.1) is 11.8 Å². The Hall–Kier alpha value is -2.30. The largest absolute Gasteiger partial charge is 0.443 e. The first-order valence-electron chi connectivity index (χ1n) is 12.3. The first kappa shape index (κ1) is 24.3. The average Bonchev–Trinajstić information content (AvgIpc) is 2.80. The van der Waals surface area contributed by atoms with E-state index in [0.717, 1.165) is 61.8 Å². The van der Waals surface area contributed by atoms with Gasteiger partial charge in [-0.25, -0.2) is 14.5 Å².